The fraction of sp³-hybridized carbons (Fsp3) is 0.304. The van der Waals surface area contributed by atoms with E-state index in [0.29, 0.717) is 0 Å². The van der Waals surface area contributed by atoms with Crippen molar-refractivity contribution < 1.29 is 4.79 Å². The van der Waals surface area contributed by atoms with Crippen LogP contribution in [0.3, 0.4) is 0 Å². The SMILES string of the molecule is Cc1ccc(Nc2ncc(C3CCCCN3C=O)c3c(C)cccc23)cc1Cl. The van der Waals surface area contributed by atoms with Gasteiger partial charge in [0.2, 0.25) is 6.41 Å². The molecular formula is C23H24ClN3O. The van der Waals surface area contributed by atoms with Crippen LogP contribution in [-0.2, 0) is 4.79 Å². The minimum Gasteiger partial charge on any atom is -0.340 e. The van der Waals surface area contributed by atoms with Gasteiger partial charge in [-0.15, -0.1) is 0 Å². The van der Waals surface area contributed by atoms with Crippen molar-refractivity contribution in [2.75, 3.05) is 11.9 Å². The van der Waals surface area contributed by atoms with Crippen LogP contribution in [0.2, 0.25) is 5.02 Å². The van der Waals surface area contributed by atoms with Crippen LogP contribution >= 0.6 is 11.6 Å². The Balaban J connectivity index is 1.81. The number of piperidine rings is 1. The second kappa shape index (κ2) is 7.80. The van der Waals surface area contributed by atoms with Crippen LogP contribution in [0, 0.1) is 13.8 Å². The molecule has 1 atom stereocenters. The van der Waals surface area contributed by atoms with E-state index < -0.39 is 0 Å². The molecule has 0 bridgehead atoms. The molecule has 3 aromatic rings. The topological polar surface area (TPSA) is 45.2 Å². The third-order valence-corrected chi connectivity index (χ3v) is 6.03. The molecule has 0 saturated carbocycles. The lowest BCUT2D eigenvalue weighted by atomic mass is 9.91. The Morgan fingerprint density at radius 1 is 1.18 bits per heavy atom. The van der Waals surface area contributed by atoms with Crippen molar-refractivity contribution in [1.82, 2.24) is 9.88 Å². The number of nitrogens with zero attached hydrogens (tertiary/aromatic N) is 2. The van der Waals surface area contributed by atoms with Crippen LogP contribution in [-0.4, -0.2) is 22.8 Å². The summed E-state index contributed by atoms with van der Waals surface area (Å²) in [6.07, 6.45) is 6.08. The predicted molar refractivity (Wildman–Crippen MR) is 115 cm³/mol. The van der Waals surface area contributed by atoms with Gasteiger partial charge >= 0.3 is 0 Å². The second-order valence-corrected chi connectivity index (χ2v) is 7.91. The summed E-state index contributed by atoms with van der Waals surface area (Å²) >= 11 is 6.28. The lowest BCUT2D eigenvalue weighted by molar-refractivity contribution is -0.121. The zero-order valence-corrected chi connectivity index (χ0v) is 17.0. The number of halogens is 1. The van der Waals surface area contributed by atoms with Gasteiger partial charge in [-0.05, 0) is 61.8 Å². The van der Waals surface area contributed by atoms with Gasteiger partial charge in [0.25, 0.3) is 0 Å². The molecular weight excluding hydrogens is 370 g/mol. The molecule has 1 saturated heterocycles. The van der Waals surface area contributed by atoms with Crippen LogP contribution in [0.15, 0.2) is 42.6 Å². The summed E-state index contributed by atoms with van der Waals surface area (Å²) in [5, 5.41) is 6.39. The highest BCUT2D eigenvalue weighted by atomic mass is 35.5. The number of benzene rings is 2. The van der Waals surface area contributed by atoms with Gasteiger partial charge in [0.05, 0.1) is 6.04 Å². The number of fused-ring (bicyclic) bond motifs is 1. The molecule has 1 aliphatic heterocycles. The van der Waals surface area contributed by atoms with Gasteiger partial charge in [-0.25, -0.2) is 4.98 Å². The number of aromatic nitrogens is 1. The molecule has 28 heavy (non-hydrogen) atoms. The number of carbonyl (C=O) groups is 1. The van der Waals surface area contributed by atoms with Crippen molar-refractivity contribution in [2.45, 2.75) is 39.2 Å². The highest BCUT2D eigenvalue weighted by Crippen LogP contribution is 2.38. The molecule has 0 aliphatic carbocycles. The molecule has 2 heterocycles. The van der Waals surface area contributed by atoms with Gasteiger partial charge in [0.15, 0.2) is 0 Å². The number of hydrogen-bond donors (Lipinski definition) is 1. The summed E-state index contributed by atoms with van der Waals surface area (Å²) in [6, 6.07) is 12.3. The first-order valence-electron chi connectivity index (χ1n) is 9.71. The summed E-state index contributed by atoms with van der Waals surface area (Å²) in [5.74, 6) is 0.802. The maximum atomic E-state index is 11.6. The van der Waals surface area contributed by atoms with Gasteiger partial charge in [-0.1, -0.05) is 35.9 Å². The fourth-order valence-corrected chi connectivity index (χ4v) is 4.27. The van der Waals surface area contributed by atoms with Crippen molar-refractivity contribution in [3.8, 4) is 0 Å². The van der Waals surface area contributed by atoms with Crippen LogP contribution in [0.1, 0.15) is 42.0 Å². The second-order valence-electron chi connectivity index (χ2n) is 7.50. The molecule has 1 N–H and O–H groups in total. The predicted octanol–water partition coefficient (Wildman–Crippen LogP) is 5.93. The third-order valence-electron chi connectivity index (χ3n) is 5.62. The Labute approximate surface area is 170 Å². The summed E-state index contributed by atoms with van der Waals surface area (Å²) < 4.78 is 0. The molecule has 0 spiro atoms. The molecule has 1 amide bonds. The van der Waals surface area contributed by atoms with Gasteiger partial charge < -0.3 is 10.2 Å². The van der Waals surface area contributed by atoms with E-state index in [9.17, 15) is 4.79 Å². The molecule has 1 unspecified atom stereocenters. The number of hydrogen-bond acceptors (Lipinski definition) is 3. The van der Waals surface area contributed by atoms with Crippen molar-refractivity contribution in [3.05, 3.63) is 64.3 Å². The molecule has 5 heteroatoms. The van der Waals surface area contributed by atoms with E-state index in [1.807, 2.05) is 36.2 Å². The Hall–Kier alpha value is -2.59. The van der Waals surface area contributed by atoms with Crippen molar-refractivity contribution >= 4 is 40.3 Å². The normalized spacial score (nSPS) is 17.0. The molecule has 1 aromatic heterocycles. The lowest BCUT2D eigenvalue weighted by Gasteiger charge is -2.34. The highest BCUT2D eigenvalue weighted by molar-refractivity contribution is 6.31. The minimum atomic E-state index is 0.0882. The zero-order valence-electron chi connectivity index (χ0n) is 16.2. The average Bonchev–Trinajstić information content (AvgIpc) is 2.71. The van der Waals surface area contributed by atoms with E-state index in [1.54, 1.807) is 0 Å². The highest BCUT2D eigenvalue weighted by Gasteiger charge is 2.25. The number of anilines is 2. The fourth-order valence-electron chi connectivity index (χ4n) is 4.09. The first-order chi connectivity index (χ1) is 13.6. The van der Waals surface area contributed by atoms with E-state index in [0.717, 1.165) is 65.3 Å². The summed E-state index contributed by atoms with van der Waals surface area (Å²) in [4.78, 5) is 18.3. The summed E-state index contributed by atoms with van der Waals surface area (Å²) in [5.41, 5.74) is 4.28. The van der Waals surface area contributed by atoms with Crippen molar-refractivity contribution in [3.63, 3.8) is 0 Å². The first kappa shape index (κ1) is 18.8. The Bertz CT molecular complexity index is 1030. The van der Waals surface area contributed by atoms with E-state index in [4.69, 9.17) is 16.6 Å². The number of rotatable bonds is 4. The van der Waals surface area contributed by atoms with Crippen LogP contribution in [0.4, 0.5) is 11.5 Å². The van der Waals surface area contributed by atoms with Crippen molar-refractivity contribution in [1.29, 1.82) is 0 Å². The summed E-state index contributed by atoms with van der Waals surface area (Å²) in [7, 11) is 0. The van der Waals surface area contributed by atoms with Crippen molar-refractivity contribution in [2.24, 2.45) is 0 Å². The van der Waals surface area contributed by atoms with E-state index in [1.165, 1.54) is 10.9 Å². The lowest BCUT2D eigenvalue weighted by Crippen LogP contribution is -2.32. The number of pyridine rings is 1. The maximum Gasteiger partial charge on any atom is 0.210 e. The van der Waals surface area contributed by atoms with Gasteiger partial charge in [0, 0.05) is 34.4 Å². The average molecular weight is 394 g/mol. The quantitative estimate of drug-likeness (QED) is 0.558. The molecule has 144 valence electrons. The van der Waals surface area contributed by atoms with E-state index in [-0.39, 0.29) is 6.04 Å². The monoisotopic (exact) mass is 393 g/mol. The van der Waals surface area contributed by atoms with E-state index >= 15 is 0 Å². The molecule has 4 rings (SSSR count). The smallest absolute Gasteiger partial charge is 0.210 e. The summed E-state index contributed by atoms with van der Waals surface area (Å²) in [6.45, 7) is 4.91. The van der Waals surface area contributed by atoms with Gasteiger partial charge in [-0.2, -0.15) is 0 Å². The first-order valence-corrected chi connectivity index (χ1v) is 10.1. The van der Waals surface area contributed by atoms with E-state index in [2.05, 4.69) is 30.4 Å². The standard InChI is InChI=1S/C23H24ClN3O/c1-15-9-10-17(12-20(15)24)26-23-18-7-5-6-16(2)22(18)19(13-25-23)21-8-3-4-11-27(21)14-28/h5-7,9-10,12-14,21H,3-4,8,11H2,1-2H3,(H,25,26). The molecule has 2 aromatic carbocycles. The van der Waals surface area contributed by atoms with Crippen LogP contribution in [0.5, 0.6) is 0 Å². The Morgan fingerprint density at radius 2 is 2.04 bits per heavy atom. The van der Waals surface area contributed by atoms with Crippen LogP contribution in [0.25, 0.3) is 10.8 Å². The zero-order chi connectivity index (χ0) is 19.7. The molecule has 1 aliphatic rings. The Morgan fingerprint density at radius 3 is 2.82 bits per heavy atom. The van der Waals surface area contributed by atoms with Crippen LogP contribution < -0.4 is 5.32 Å². The number of amides is 1. The maximum absolute atomic E-state index is 11.6. The number of carbonyl (C=O) groups excluding carboxylic acids is 1. The van der Waals surface area contributed by atoms with Gasteiger partial charge in [-0.3, -0.25) is 4.79 Å². The number of nitrogens with one attached hydrogen (secondary N) is 1. The van der Waals surface area contributed by atoms with Gasteiger partial charge in [0.1, 0.15) is 5.82 Å². The largest absolute Gasteiger partial charge is 0.340 e. The Kier molecular flexibility index (Phi) is 5.23. The molecule has 1 fully saturated rings. The number of likely N-dealkylation sites (tertiary alicyclic amines) is 1. The minimum absolute atomic E-state index is 0.0882. The third kappa shape index (κ3) is 3.45. The molecule has 0 radical (unpaired) electrons. The number of aryl methyl sites for hydroxylation is 2. The molecule has 4 nitrogen and oxygen atoms in total.